The van der Waals surface area contributed by atoms with E-state index >= 15 is 0 Å². The Hall–Kier alpha value is -2.58. The molecule has 0 aromatic heterocycles. The summed E-state index contributed by atoms with van der Waals surface area (Å²) >= 11 is 0. The number of likely N-dealkylation sites (tertiary alicyclic amines) is 1. The maximum absolute atomic E-state index is 12.7. The van der Waals surface area contributed by atoms with Crippen molar-refractivity contribution in [1.29, 1.82) is 0 Å². The third-order valence-electron chi connectivity index (χ3n) is 5.84. The number of piperidine rings is 1. The molecule has 174 valence electrons. The first-order valence-corrected chi connectivity index (χ1v) is 12.2. The van der Waals surface area contributed by atoms with Crippen LogP contribution >= 0.6 is 0 Å². The molecular weight excluding hydrogens is 430 g/mol. The molecule has 1 amide bonds. The van der Waals surface area contributed by atoms with Crippen LogP contribution < -0.4 is 9.47 Å². The zero-order valence-corrected chi connectivity index (χ0v) is 19.7. The molecule has 0 N–H and O–H groups in total. The molecule has 0 saturated carbocycles. The van der Waals surface area contributed by atoms with Gasteiger partial charge in [0.25, 0.3) is 10.1 Å². The summed E-state index contributed by atoms with van der Waals surface area (Å²) in [5.74, 6) is 1.66. The normalized spacial score (nSPS) is 14.9. The molecule has 32 heavy (non-hydrogen) atoms. The summed E-state index contributed by atoms with van der Waals surface area (Å²) in [4.78, 5) is 14.8. The molecule has 0 bridgehead atoms. The van der Waals surface area contributed by atoms with Crippen LogP contribution in [0, 0.1) is 12.8 Å². The van der Waals surface area contributed by atoms with Gasteiger partial charge in [-0.1, -0.05) is 23.8 Å². The molecule has 2 aromatic carbocycles. The van der Waals surface area contributed by atoms with E-state index in [0.717, 1.165) is 24.0 Å². The van der Waals surface area contributed by atoms with Crippen molar-refractivity contribution >= 4 is 16.0 Å². The van der Waals surface area contributed by atoms with E-state index in [-0.39, 0.29) is 17.4 Å². The fraction of sp³-hybridized carbons (Fsp3) is 0.458. The molecule has 0 atom stereocenters. The molecule has 0 unspecified atom stereocenters. The summed E-state index contributed by atoms with van der Waals surface area (Å²) in [6.07, 6.45) is 2.64. The van der Waals surface area contributed by atoms with Crippen LogP contribution in [-0.4, -0.2) is 53.1 Å². The largest absolute Gasteiger partial charge is 0.493 e. The first-order chi connectivity index (χ1) is 15.3. The summed E-state index contributed by atoms with van der Waals surface area (Å²) in [6, 6.07) is 12.1. The Bertz CT molecular complexity index is 1010. The molecular formula is C24H31NO6S. The molecule has 0 radical (unpaired) electrons. The highest BCUT2D eigenvalue weighted by Gasteiger charge is 2.24. The van der Waals surface area contributed by atoms with Gasteiger partial charge in [-0.05, 0) is 61.9 Å². The average molecular weight is 462 g/mol. The summed E-state index contributed by atoms with van der Waals surface area (Å²) in [5.41, 5.74) is 1.88. The second-order valence-electron chi connectivity index (χ2n) is 8.07. The Morgan fingerprint density at radius 1 is 1.00 bits per heavy atom. The van der Waals surface area contributed by atoms with Gasteiger partial charge in [0.2, 0.25) is 5.91 Å². The van der Waals surface area contributed by atoms with Crippen molar-refractivity contribution in [3.8, 4) is 11.5 Å². The van der Waals surface area contributed by atoms with E-state index in [1.807, 2.05) is 24.0 Å². The van der Waals surface area contributed by atoms with Crippen LogP contribution in [0.5, 0.6) is 11.5 Å². The predicted molar refractivity (Wildman–Crippen MR) is 121 cm³/mol. The van der Waals surface area contributed by atoms with Gasteiger partial charge in [0.1, 0.15) is 0 Å². The zero-order valence-electron chi connectivity index (χ0n) is 18.9. The van der Waals surface area contributed by atoms with Gasteiger partial charge in [0.05, 0.1) is 32.1 Å². The van der Waals surface area contributed by atoms with Crippen LogP contribution in [0.1, 0.15) is 30.4 Å². The number of benzene rings is 2. The zero-order chi connectivity index (χ0) is 23.1. The number of ether oxygens (including phenoxy) is 2. The smallest absolute Gasteiger partial charge is 0.296 e. The topological polar surface area (TPSA) is 82.1 Å². The number of aryl methyl sites for hydroxylation is 1. The standard InChI is InChI=1S/C24H31NO6S/c1-18-4-7-21(8-5-18)32(27,28)31-15-12-19-10-13-25(14-11-19)24(26)17-20-6-9-22(29-2)23(16-20)30-3/h4-9,16,19H,10-15,17H2,1-3H3. The van der Waals surface area contributed by atoms with Crippen LogP contribution in [0.2, 0.25) is 0 Å². The van der Waals surface area contributed by atoms with Gasteiger partial charge in [0, 0.05) is 13.1 Å². The van der Waals surface area contributed by atoms with Crippen molar-refractivity contribution < 1.29 is 26.9 Å². The van der Waals surface area contributed by atoms with Crippen LogP contribution in [-0.2, 0) is 25.5 Å². The third kappa shape index (κ3) is 6.23. The number of rotatable bonds is 9. The highest BCUT2D eigenvalue weighted by molar-refractivity contribution is 7.86. The van der Waals surface area contributed by atoms with Gasteiger partial charge in [-0.3, -0.25) is 8.98 Å². The molecule has 7 nitrogen and oxygen atoms in total. The number of amides is 1. The van der Waals surface area contributed by atoms with Crippen molar-refractivity contribution in [3.05, 3.63) is 53.6 Å². The van der Waals surface area contributed by atoms with Gasteiger partial charge < -0.3 is 14.4 Å². The Kier molecular flexibility index (Phi) is 8.15. The van der Waals surface area contributed by atoms with Gasteiger partial charge in [-0.25, -0.2) is 0 Å². The number of carbonyl (C=O) groups excluding carboxylic acids is 1. The third-order valence-corrected chi connectivity index (χ3v) is 7.17. The molecule has 1 fully saturated rings. The lowest BCUT2D eigenvalue weighted by atomic mass is 9.93. The van der Waals surface area contributed by atoms with Crippen molar-refractivity contribution in [2.75, 3.05) is 33.9 Å². The Balaban J connectivity index is 1.44. The number of hydrogen-bond donors (Lipinski definition) is 0. The van der Waals surface area contributed by atoms with Crippen LogP contribution in [0.3, 0.4) is 0 Å². The van der Waals surface area contributed by atoms with Crippen molar-refractivity contribution in [1.82, 2.24) is 4.90 Å². The van der Waals surface area contributed by atoms with E-state index in [4.69, 9.17) is 13.7 Å². The monoisotopic (exact) mass is 461 g/mol. The molecule has 8 heteroatoms. The molecule has 1 aliphatic rings. The van der Waals surface area contributed by atoms with Gasteiger partial charge in [0.15, 0.2) is 11.5 Å². The minimum atomic E-state index is -3.73. The van der Waals surface area contributed by atoms with Gasteiger partial charge in [-0.2, -0.15) is 8.42 Å². The first kappa shape index (κ1) is 24.1. The molecule has 1 saturated heterocycles. The Labute approximate surface area is 190 Å². The number of nitrogens with zero attached hydrogens (tertiary/aromatic N) is 1. The van der Waals surface area contributed by atoms with Crippen LogP contribution in [0.4, 0.5) is 0 Å². The number of carbonyl (C=O) groups is 1. The summed E-state index contributed by atoms with van der Waals surface area (Å²) in [6.45, 7) is 3.39. The van der Waals surface area contributed by atoms with Crippen LogP contribution in [0.25, 0.3) is 0 Å². The molecule has 2 aromatic rings. The maximum atomic E-state index is 12.7. The predicted octanol–water partition coefficient (Wildman–Crippen LogP) is 3.59. The average Bonchev–Trinajstić information content (AvgIpc) is 2.79. The molecule has 1 aliphatic heterocycles. The second kappa shape index (κ2) is 10.8. The van der Waals surface area contributed by atoms with Crippen molar-refractivity contribution in [2.45, 2.75) is 37.5 Å². The Morgan fingerprint density at radius 2 is 1.66 bits per heavy atom. The summed E-state index contributed by atoms with van der Waals surface area (Å²) in [7, 11) is -0.579. The van der Waals surface area contributed by atoms with Crippen LogP contribution in [0.15, 0.2) is 47.4 Å². The lowest BCUT2D eigenvalue weighted by molar-refractivity contribution is -0.131. The lowest BCUT2D eigenvalue weighted by Gasteiger charge is -2.32. The van der Waals surface area contributed by atoms with E-state index in [1.165, 1.54) is 0 Å². The van der Waals surface area contributed by atoms with Crippen molar-refractivity contribution in [3.63, 3.8) is 0 Å². The summed E-state index contributed by atoms with van der Waals surface area (Å²) in [5, 5.41) is 0. The van der Waals surface area contributed by atoms with Crippen molar-refractivity contribution in [2.24, 2.45) is 5.92 Å². The van der Waals surface area contributed by atoms with E-state index in [9.17, 15) is 13.2 Å². The molecule has 0 spiro atoms. The highest BCUT2D eigenvalue weighted by atomic mass is 32.2. The molecule has 1 heterocycles. The summed E-state index contributed by atoms with van der Waals surface area (Å²) < 4.78 is 40.4. The fourth-order valence-electron chi connectivity index (χ4n) is 3.85. The van der Waals surface area contributed by atoms with E-state index in [1.54, 1.807) is 44.6 Å². The van der Waals surface area contributed by atoms with E-state index in [2.05, 4.69) is 0 Å². The van der Waals surface area contributed by atoms with Gasteiger partial charge in [-0.15, -0.1) is 0 Å². The Morgan fingerprint density at radius 3 is 2.28 bits per heavy atom. The minimum absolute atomic E-state index is 0.0777. The van der Waals surface area contributed by atoms with Gasteiger partial charge >= 0.3 is 0 Å². The minimum Gasteiger partial charge on any atom is -0.493 e. The first-order valence-electron chi connectivity index (χ1n) is 10.8. The molecule has 3 rings (SSSR count). The van der Waals surface area contributed by atoms with E-state index in [0.29, 0.717) is 43.3 Å². The fourth-order valence-corrected chi connectivity index (χ4v) is 4.77. The maximum Gasteiger partial charge on any atom is 0.296 e. The second-order valence-corrected chi connectivity index (χ2v) is 9.68. The van der Waals surface area contributed by atoms with E-state index < -0.39 is 10.1 Å². The molecule has 0 aliphatic carbocycles. The number of methoxy groups -OCH3 is 2. The number of hydrogen-bond acceptors (Lipinski definition) is 6. The quantitative estimate of drug-likeness (QED) is 0.531. The lowest BCUT2D eigenvalue weighted by Crippen LogP contribution is -2.39. The highest BCUT2D eigenvalue weighted by Crippen LogP contribution is 2.28. The SMILES string of the molecule is COc1ccc(CC(=O)N2CCC(CCOS(=O)(=O)c3ccc(C)cc3)CC2)cc1OC.